The summed E-state index contributed by atoms with van der Waals surface area (Å²) in [7, 11) is 5.51. The largest absolute Gasteiger partial charge is 0.106 e. The summed E-state index contributed by atoms with van der Waals surface area (Å²) in [6.07, 6.45) is 0. The lowest BCUT2D eigenvalue weighted by atomic mass is 9.99. The van der Waals surface area contributed by atoms with Crippen molar-refractivity contribution in [3.63, 3.8) is 0 Å². The summed E-state index contributed by atoms with van der Waals surface area (Å²) in [5.74, 6) is 0. The van der Waals surface area contributed by atoms with Crippen LogP contribution in [0, 0.1) is 7.14 Å². The van der Waals surface area contributed by atoms with Crippen molar-refractivity contribution >= 4 is 74.3 Å². The smallest absolute Gasteiger partial charge is 0.0208 e. The van der Waals surface area contributed by atoms with Gasteiger partial charge in [0.1, 0.15) is 0 Å². The highest BCUT2D eigenvalue weighted by Crippen LogP contribution is 2.29. The highest BCUT2D eigenvalue weighted by atomic mass is 127. The van der Waals surface area contributed by atoms with Crippen LogP contribution in [0.5, 0.6) is 0 Å². The molecule has 0 aromatic heterocycles. The molecule has 0 N–H and O–H groups in total. The average molecular weight is 546 g/mol. The number of hydrogen-bond donors (Lipinski definition) is 0. The molecule has 2 atom stereocenters. The highest BCUT2D eigenvalue weighted by molar-refractivity contribution is 14.1. The van der Waals surface area contributed by atoms with Gasteiger partial charge in [0.2, 0.25) is 0 Å². The maximum Gasteiger partial charge on any atom is 0.0208 e. The van der Waals surface area contributed by atoms with Gasteiger partial charge in [-0.1, -0.05) is 36.4 Å². The molecule has 0 saturated heterocycles. The molecule has 0 nitrogen and oxygen atoms in total. The van der Waals surface area contributed by atoms with Gasteiger partial charge < -0.3 is 0 Å². The van der Waals surface area contributed by atoms with Crippen molar-refractivity contribution in [2.24, 2.45) is 0 Å². The molecule has 3 rings (SSSR count). The monoisotopic (exact) mass is 546 g/mol. The second-order valence-corrected chi connectivity index (χ2v) is 8.78. The minimum absolute atomic E-state index is 1.21. The maximum absolute atomic E-state index is 2.78. The summed E-state index contributed by atoms with van der Waals surface area (Å²) in [6.45, 7) is 0. The average Bonchev–Trinajstić information content (AvgIpc) is 2.50. The predicted molar refractivity (Wildman–Crippen MR) is 121 cm³/mol. The van der Waals surface area contributed by atoms with E-state index in [1.165, 1.54) is 40.0 Å². The number of benzene rings is 3. The minimum atomic E-state index is 1.21. The van der Waals surface area contributed by atoms with E-state index >= 15 is 0 Å². The molecule has 0 fully saturated rings. The van der Waals surface area contributed by atoms with Crippen molar-refractivity contribution in [3.05, 3.63) is 67.8 Å². The topological polar surface area (TPSA) is 0 Å². The Morgan fingerprint density at radius 2 is 1.18 bits per heavy atom. The molecule has 3 aromatic carbocycles. The van der Waals surface area contributed by atoms with Crippen LogP contribution in [0.1, 0.15) is 0 Å². The molecule has 0 saturated carbocycles. The molecule has 0 aliphatic rings. The molecule has 0 aliphatic carbocycles. The van der Waals surface area contributed by atoms with Crippen molar-refractivity contribution in [3.8, 4) is 22.3 Å². The Hall–Kier alpha value is -0.0200. The Morgan fingerprint density at radius 3 is 1.82 bits per heavy atom. The standard InChI is InChI=1S/C18H14I2P2/c19-15-8-13(11-1-4-16(21)5-2-11)7-14(9-15)12-3-6-18(22)17(20)10-12/h1-10H,21-22H2. The van der Waals surface area contributed by atoms with Gasteiger partial charge in [-0.05, 0) is 102 Å². The third kappa shape index (κ3) is 3.90. The highest BCUT2D eigenvalue weighted by Gasteiger charge is 2.06. The SMILES string of the molecule is Pc1ccc(-c2cc(I)cc(-c3ccc(P)c(I)c3)c2)cc1. The Kier molecular flexibility index (Phi) is 5.55. The van der Waals surface area contributed by atoms with E-state index < -0.39 is 0 Å². The molecule has 4 heteroatoms. The van der Waals surface area contributed by atoms with Crippen molar-refractivity contribution < 1.29 is 0 Å². The minimum Gasteiger partial charge on any atom is -0.106 e. The summed E-state index contributed by atoms with van der Waals surface area (Å²) in [5.41, 5.74) is 5.04. The zero-order valence-electron chi connectivity index (χ0n) is 11.7. The van der Waals surface area contributed by atoms with E-state index in [0.29, 0.717) is 0 Å². The number of hydrogen-bond acceptors (Lipinski definition) is 0. The Balaban J connectivity index is 2.09. The Morgan fingerprint density at radius 1 is 0.591 bits per heavy atom. The molecular formula is C18H14I2P2. The van der Waals surface area contributed by atoms with Gasteiger partial charge in [0.15, 0.2) is 0 Å². The van der Waals surface area contributed by atoms with Crippen LogP contribution in [-0.4, -0.2) is 0 Å². The first-order chi connectivity index (χ1) is 10.5. The summed E-state index contributed by atoms with van der Waals surface area (Å²) >= 11 is 4.78. The van der Waals surface area contributed by atoms with Gasteiger partial charge in [-0.25, -0.2) is 0 Å². The van der Waals surface area contributed by atoms with E-state index in [9.17, 15) is 0 Å². The summed E-state index contributed by atoms with van der Waals surface area (Å²) in [5, 5.41) is 2.45. The van der Waals surface area contributed by atoms with E-state index in [1.807, 2.05) is 0 Å². The van der Waals surface area contributed by atoms with Crippen LogP contribution in [0.2, 0.25) is 0 Å². The molecule has 0 radical (unpaired) electrons. The van der Waals surface area contributed by atoms with Gasteiger partial charge in [-0.15, -0.1) is 18.5 Å². The van der Waals surface area contributed by atoms with Gasteiger partial charge in [-0.2, -0.15) is 0 Å². The number of rotatable bonds is 2. The van der Waals surface area contributed by atoms with E-state index in [-0.39, 0.29) is 0 Å². The van der Waals surface area contributed by atoms with Gasteiger partial charge >= 0.3 is 0 Å². The molecule has 0 aliphatic heterocycles. The summed E-state index contributed by atoms with van der Waals surface area (Å²) in [4.78, 5) is 0. The predicted octanol–water partition coefficient (Wildman–Crippen LogP) is 5.23. The van der Waals surface area contributed by atoms with Gasteiger partial charge in [0, 0.05) is 7.14 Å². The van der Waals surface area contributed by atoms with Crippen LogP contribution < -0.4 is 10.6 Å². The van der Waals surface area contributed by atoms with Crippen LogP contribution in [-0.2, 0) is 0 Å². The van der Waals surface area contributed by atoms with E-state index in [0.717, 1.165) is 0 Å². The zero-order chi connectivity index (χ0) is 15.7. The second-order valence-electron chi connectivity index (χ2n) is 5.09. The quantitative estimate of drug-likeness (QED) is 0.306. The van der Waals surface area contributed by atoms with E-state index in [4.69, 9.17) is 0 Å². The van der Waals surface area contributed by atoms with Gasteiger partial charge in [-0.3, -0.25) is 0 Å². The molecule has 22 heavy (non-hydrogen) atoms. The lowest BCUT2D eigenvalue weighted by molar-refractivity contribution is 1.57. The molecular weight excluding hydrogens is 532 g/mol. The van der Waals surface area contributed by atoms with Crippen LogP contribution in [0.4, 0.5) is 0 Å². The fourth-order valence-electron chi connectivity index (χ4n) is 2.31. The summed E-state index contributed by atoms with van der Waals surface area (Å²) < 4.78 is 2.53. The van der Waals surface area contributed by atoms with Crippen LogP contribution in [0.15, 0.2) is 60.7 Å². The van der Waals surface area contributed by atoms with Crippen molar-refractivity contribution in [2.75, 3.05) is 0 Å². The van der Waals surface area contributed by atoms with E-state index in [2.05, 4.69) is 124 Å². The second kappa shape index (κ2) is 7.25. The first-order valence-electron chi connectivity index (χ1n) is 6.75. The Labute approximate surface area is 163 Å². The van der Waals surface area contributed by atoms with Gasteiger partial charge in [0.25, 0.3) is 0 Å². The first-order valence-corrected chi connectivity index (χ1v) is 10.1. The normalized spacial score (nSPS) is 10.7. The molecule has 0 bridgehead atoms. The number of halogens is 2. The maximum atomic E-state index is 2.78. The van der Waals surface area contributed by atoms with E-state index in [1.54, 1.807) is 0 Å². The van der Waals surface area contributed by atoms with Crippen LogP contribution in [0.3, 0.4) is 0 Å². The zero-order valence-corrected chi connectivity index (χ0v) is 18.3. The lowest BCUT2D eigenvalue weighted by Crippen LogP contribution is -1.96. The fraction of sp³-hybridized carbons (Fsp3) is 0. The third-order valence-corrected chi connectivity index (χ3v) is 6.51. The molecule has 2 unspecified atom stereocenters. The molecule has 0 amide bonds. The summed E-state index contributed by atoms with van der Waals surface area (Å²) in [6, 6.07) is 21.9. The molecule has 3 aromatic rings. The lowest BCUT2D eigenvalue weighted by Gasteiger charge is -2.09. The van der Waals surface area contributed by atoms with Gasteiger partial charge in [0.05, 0.1) is 0 Å². The molecule has 0 heterocycles. The first kappa shape index (κ1) is 16.8. The van der Waals surface area contributed by atoms with Crippen molar-refractivity contribution in [1.29, 1.82) is 0 Å². The molecule has 0 spiro atoms. The van der Waals surface area contributed by atoms with Crippen molar-refractivity contribution in [1.82, 2.24) is 0 Å². The fourth-order valence-corrected chi connectivity index (χ4v) is 3.86. The third-order valence-electron chi connectivity index (χ3n) is 3.48. The van der Waals surface area contributed by atoms with Crippen molar-refractivity contribution in [2.45, 2.75) is 0 Å². The van der Waals surface area contributed by atoms with Crippen LogP contribution >= 0.6 is 63.7 Å². The molecule has 110 valence electrons. The van der Waals surface area contributed by atoms with Crippen LogP contribution in [0.25, 0.3) is 22.3 Å². The Bertz CT molecular complexity index is 827.